The molecule has 1 aliphatic heterocycles. The summed E-state index contributed by atoms with van der Waals surface area (Å²) in [5.41, 5.74) is 4.76. The minimum atomic E-state index is -0.0781. The van der Waals surface area contributed by atoms with Gasteiger partial charge in [0.15, 0.2) is 11.5 Å². The highest BCUT2D eigenvalue weighted by Crippen LogP contribution is 2.41. The summed E-state index contributed by atoms with van der Waals surface area (Å²) in [6.07, 6.45) is 0.873. The standard InChI is InChI=1S/C25H27NO3/c1-27-22-15-20-13-14-26-24(25(28-2)19-11-7-4-8-12-19)21(20)16-23(22)29-17-18-9-5-3-6-10-18/h3-12,15-16,24-26H,13-14,17H2,1-2H3. The normalized spacial score (nSPS) is 16.7. The minimum absolute atomic E-state index is 0.0520. The maximum absolute atomic E-state index is 6.15. The van der Waals surface area contributed by atoms with Gasteiger partial charge < -0.3 is 19.5 Å². The van der Waals surface area contributed by atoms with E-state index in [2.05, 4.69) is 41.7 Å². The van der Waals surface area contributed by atoms with Gasteiger partial charge in [0.25, 0.3) is 0 Å². The second-order valence-corrected chi connectivity index (χ2v) is 7.22. The molecule has 0 aliphatic carbocycles. The van der Waals surface area contributed by atoms with E-state index < -0.39 is 0 Å². The zero-order chi connectivity index (χ0) is 20.1. The predicted molar refractivity (Wildman–Crippen MR) is 114 cm³/mol. The topological polar surface area (TPSA) is 39.7 Å². The number of nitrogens with one attached hydrogen (secondary N) is 1. The molecule has 2 unspecified atom stereocenters. The average molecular weight is 389 g/mol. The van der Waals surface area contributed by atoms with Crippen molar-refractivity contribution in [3.05, 3.63) is 95.1 Å². The molecule has 0 radical (unpaired) electrons. The number of fused-ring (bicyclic) bond motifs is 1. The highest BCUT2D eigenvalue weighted by Gasteiger charge is 2.30. The molecule has 1 aliphatic rings. The fourth-order valence-corrected chi connectivity index (χ4v) is 3.98. The van der Waals surface area contributed by atoms with Crippen molar-refractivity contribution in [2.24, 2.45) is 0 Å². The molecule has 150 valence electrons. The molecule has 0 bridgehead atoms. The predicted octanol–water partition coefficient (Wildman–Crippen LogP) is 4.85. The van der Waals surface area contributed by atoms with Crippen LogP contribution in [0.3, 0.4) is 0 Å². The Morgan fingerprint density at radius 1 is 0.931 bits per heavy atom. The second-order valence-electron chi connectivity index (χ2n) is 7.22. The van der Waals surface area contributed by atoms with Crippen LogP contribution < -0.4 is 14.8 Å². The number of methoxy groups -OCH3 is 2. The van der Waals surface area contributed by atoms with Gasteiger partial charge in [0.1, 0.15) is 12.7 Å². The lowest BCUT2D eigenvalue weighted by molar-refractivity contribution is 0.0653. The molecular weight excluding hydrogens is 362 g/mol. The Bertz CT molecular complexity index is 928. The fourth-order valence-electron chi connectivity index (χ4n) is 3.98. The highest BCUT2D eigenvalue weighted by atomic mass is 16.5. The number of ether oxygens (including phenoxy) is 3. The molecule has 0 spiro atoms. The summed E-state index contributed by atoms with van der Waals surface area (Å²) in [7, 11) is 3.46. The fraction of sp³-hybridized carbons (Fsp3) is 0.280. The molecule has 0 aromatic heterocycles. The largest absolute Gasteiger partial charge is 0.493 e. The molecule has 0 amide bonds. The number of hydrogen-bond donors (Lipinski definition) is 1. The second kappa shape index (κ2) is 9.12. The summed E-state index contributed by atoms with van der Waals surface area (Å²) in [6.45, 7) is 1.40. The SMILES string of the molecule is COc1cc2c(cc1OCc1ccccc1)C(C(OC)c1ccccc1)NCC2. The van der Waals surface area contributed by atoms with Crippen molar-refractivity contribution in [1.29, 1.82) is 0 Å². The molecule has 0 saturated heterocycles. The summed E-state index contributed by atoms with van der Waals surface area (Å²) in [6, 6.07) is 24.8. The van der Waals surface area contributed by atoms with Crippen molar-refractivity contribution in [2.45, 2.75) is 25.2 Å². The lowest BCUT2D eigenvalue weighted by Crippen LogP contribution is -2.34. The van der Waals surface area contributed by atoms with E-state index in [0.29, 0.717) is 6.61 Å². The van der Waals surface area contributed by atoms with E-state index in [4.69, 9.17) is 14.2 Å². The Balaban J connectivity index is 1.66. The Labute approximate surface area is 172 Å². The van der Waals surface area contributed by atoms with E-state index in [9.17, 15) is 0 Å². The first-order valence-electron chi connectivity index (χ1n) is 9.99. The molecule has 4 heteroatoms. The average Bonchev–Trinajstić information content (AvgIpc) is 2.79. The Kier molecular flexibility index (Phi) is 6.13. The minimum Gasteiger partial charge on any atom is -0.493 e. The smallest absolute Gasteiger partial charge is 0.162 e. The van der Waals surface area contributed by atoms with Gasteiger partial charge in [-0.15, -0.1) is 0 Å². The first kappa shape index (κ1) is 19.5. The zero-order valence-corrected chi connectivity index (χ0v) is 16.9. The van der Waals surface area contributed by atoms with Crippen LogP contribution in [0, 0.1) is 0 Å². The summed E-state index contributed by atoms with van der Waals surface area (Å²) in [5, 5.41) is 3.64. The van der Waals surface area contributed by atoms with E-state index in [1.54, 1.807) is 14.2 Å². The van der Waals surface area contributed by atoms with Gasteiger partial charge in [-0.1, -0.05) is 60.7 Å². The lowest BCUT2D eigenvalue weighted by atomic mass is 9.88. The number of rotatable bonds is 7. The van der Waals surface area contributed by atoms with Crippen LogP contribution in [0.15, 0.2) is 72.8 Å². The van der Waals surface area contributed by atoms with Crippen LogP contribution in [-0.2, 0) is 17.8 Å². The third-order valence-corrected chi connectivity index (χ3v) is 5.44. The molecule has 4 nitrogen and oxygen atoms in total. The number of hydrogen-bond acceptors (Lipinski definition) is 4. The molecule has 29 heavy (non-hydrogen) atoms. The van der Waals surface area contributed by atoms with Crippen LogP contribution in [0.25, 0.3) is 0 Å². The quantitative estimate of drug-likeness (QED) is 0.627. The molecule has 3 aromatic carbocycles. The van der Waals surface area contributed by atoms with E-state index in [1.807, 2.05) is 36.4 Å². The van der Waals surface area contributed by atoms with Crippen molar-refractivity contribution in [1.82, 2.24) is 5.32 Å². The maximum Gasteiger partial charge on any atom is 0.162 e. The molecule has 3 aromatic rings. The van der Waals surface area contributed by atoms with Crippen LogP contribution in [0.1, 0.15) is 34.4 Å². The van der Waals surface area contributed by atoms with Gasteiger partial charge in [-0.2, -0.15) is 0 Å². The Hall–Kier alpha value is -2.82. The van der Waals surface area contributed by atoms with Gasteiger partial charge in [-0.05, 0) is 47.4 Å². The molecule has 4 rings (SSSR count). The van der Waals surface area contributed by atoms with Gasteiger partial charge in [0.2, 0.25) is 0 Å². The van der Waals surface area contributed by atoms with Crippen LogP contribution >= 0.6 is 0 Å². The van der Waals surface area contributed by atoms with Gasteiger partial charge in [0, 0.05) is 7.11 Å². The molecular formula is C25H27NO3. The summed E-state index contributed by atoms with van der Waals surface area (Å²) in [5.74, 6) is 1.53. The first-order chi connectivity index (χ1) is 14.3. The van der Waals surface area contributed by atoms with Crippen molar-refractivity contribution in [2.75, 3.05) is 20.8 Å². The first-order valence-corrected chi connectivity index (χ1v) is 9.99. The monoisotopic (exact) mass is 389 g/mol. The molecule has 0 fully saturated rings. The lowest BCUT2D eigenvalue weighted by Gasteiger charge is -2.33. The third-order valence-electron chi connectivity index (χ3n) is 5.44. The zero-order valence-electron chi connectivity index (χ0n) is 16.9. The Morgan fingerprint density at radius 2 is 1.66 bits per heavy atom. The van der Waals surface area contributed by atoms with Gasteiger partial charge in [0.05, 0.1) is 13.2 Å². The summed E-state index contributed by atoms with van der Waals surface area (Å²) < 4.78 is 17.7. The number of benzene rings is 3. The van der Waals surface area contributed by atoms with Crippen LogP contribution in [0.2, 0.25) is 0 Å². The summed E-state index contributed by atoms with van der Waals surface area (Å²) in [4.78, 5) is 0. The van der Waals surface area contributed by atoms with Crippen molar-refractivity contribution in [3.8, 4) is 11.5 Å². The molecule has 0 saturated carbocycles. The van der Waals surface area contributed by atoms with E-state index in [0.717, 1.165) is 35.6 Å². The van der Waals surface area contributed by atoms with Crippen LogP contribution in [-0.4, -0.2) is 20.8 Å². The van der Waals surface area contributed by atoms with Crippen molar-refractivity contribution >= 4 is 0 Å². The molecule has 1 N–H and O–H groups in total. The Morgan fingerprint density at radius 3 is 2.34 bits per heavy atom. The molecule has 1 heterocycles. The maximum atomic E-state index is 6.15. The van der Waals surface area contributed by atoms with Gasteiger partial charge in [-0.3, -0.25) is 0 Å². The van der Waals surface area contributed by atoms with E-state index in [-0.39, 0.29) is 12.1 Å². The van der Waals surface area contributed by atoms with Crippen LogP contribution in [0.4, 0.5) is 0 Å². The van der Waals surface area contributed by atoms with Crippen LogP contribution in [0.5, 0.6) is 11.5 Å². The summed E-state index contributed by atoms with van der Waals surface area (Å²) >= 11 is 0. The van der Waals surface area contributed by atoms with Gasteiger partial charge in [-0.25, -0.2) is 0 Å². The molecule has 2 atom stereocenters. The third kappa shape index (κ3) is 4.29. The van der Waals surface area contributed by atoms with Crippen molar-refractivity contribution < 1.29 is 14.2 Å². The van der Waals surface area contributed by atoms with Crippen molar-refractivity contribution in [3.63, 3.8) is 0 Å². The van der Waals surface area contributed by atoms with E-state index >= 15 is 0 Å². The van der Waals surface area contributed by atoms with Gasteiger partial charge >= 0.3 is 0 Å². The highest BCUT2D eigenvalue weighted by molar-refractivity contribution is 5.50. The van der Waals surface area contributed by atoms with E-state index in [1.165, 1.54) is 11.1 Å².